The molecule has 1 aromatic rings. The molecule has 0 amide bonds. The van der Waals surface area contributed by atoms with E-state index in [1.54, 1.807) is 0 Å². The average molecular weight is 248 g/mol. The topological polar surface area (TPSA) is 20.2 Å². The Morgan fingerprint density at radius 1 is 1.29 bits per heavy atom. The molecule has 1 saturated carbocycles. The molecular weight excluding hydrogens is 236 g/mol. The fourth-order valence-corrected chi connectivity index (χ4v) is 2.36. The van der Waals surface area contributed by atoms with Gasteiger partial charge >= 0.3 is 6.18 Å². The monoisotopic (exact) mass is 248 g/mol. The Balaban J connectivity index is 2.32. The molecule has 0 unspecified atom stereocenters. The molecule has 1 aromatic carbocycles. The third-order valence-corrected chi connectivity index (χ3v) is 3.18. The van der Waals surface area contributed by atoms with E-state index >= 15 is 0 Å². The van der Waals surface area contributed by atoms with Gasteiger partial charge < -0.3 is 5.11 Å². The normalized spacial score (nSPS) is 28.9. The van der Waals surface area contributed by atoms with Crippen molar-refractivity contribution in [1.82, 2.24) is 0 Å². The van der Waals surface area contributed by atoms with Crippen molar-refractivity contribution in [2.75, 3.05) is 0 Å². The first-order valence-corrected chi connectivity index (χ1v) is 5.32. The molecule has 0 saturated heterocycles. The molecule has 17 heavy (non-hydrogen) atoms. The number of alkyl halides is 3. The van der Waals surface area contributed by atoms with Crippen LogP contribution < -0.4 is 0 Å². The second kappa shape index (κ2) is 3.70. The van der Waals surface area contributed by atoms with Crippen molar-refractivity contribution in [3.05, 3.63) is 35.1 Å². The standard InChI is InChI=1S/C12H12F4O/c1-7-5-11(17,6-7)8-2-3-9(10(13)4-8)12(14,15)16/h2-4,7,17H,5-6H2,1H3. The SMILES string of the molecule is CC1CC(O)(c2ccc(C(F)(F)F)c(F)c2)C1. The van der Waals surface area contributed by atoms with E-state index in [0.717, 1.165) is 12.1 Å². The van der Waals surface area contributed by atoms with E-state index in [-0.39, 0.29) is 5.56 Å². The molecule has 1 aliphatic carbocycles. The van der Waals surface area contributed by atoms with E-state index in [9.17, 15) is 22.7 Å². The summed E-state index contributed by atoms with van der Waals surface area (Å²) in [7, 11) is 0. The fourth-order valence-electron chi connectivity index (χ4n) is 2.36. The summed E-state index contributed by atoms with van der Waals surface area (Å²) in [6.07, 6.45) is -3.78. The van der Waals surface area contributed by atoms with Crippen molar-refractivity contribution in [3.8, 4) is 0 Å². The molecule has 0 aliphatic heterocycles. The molecule has 0 bridgehead atoms. The van der Waals surface area contributed by atoms with Crippen LogP contribution in [-0.2, 0) is 11.8 Å². The van der Waals surface area contributed by atoms with Crippen molar-refractivity contribution in [2.45, 2.75) is 31.5 Å². The number of hydrogen-bond donors (Lipinski definition) is 1. The first-order chi connectivity index (χ1) is 7.72. The quantitative estimate of drug-likeness (QED) is 0.754. The highest BCUT2D eigenvalue weighted by Gasteiger charge is 2.43. The van der Waals surface area contributed by atoms with Crippen molar-refractivity contribution >= 4 is 0 Å². The van der Waals surface area contributed by atoms with Gasteiger partial charge in [0.25, 0.3) is 0 Å². The summed E-state index contributed by atoms with van der Waals surface area (Å²) in [6.45, 7) is 1.93. The number of aliphatic hydroxyl groups is 1. The Hall–Kier alpha value is -1.10. The largest absolute Gasteiger partial charge is 0.419 e. The van der Waals surface area contributed by atoms with E-state index in [0.29, 0.717) is 24.8 Å². The second-order valence-electron chi connectivity index (χ2n) is 4.74. The van der Waals surface area contributed by atoms with Crippen molar-refractivity contribution < 1.29 is 22.7 Å². The number of rotatable bonds is 1. The van der Waals surface area contributed by atoms with Gasteiger partial charge in [0, 0.05) is 0 Å². The Labute approximate surface area is 96.1 Å². The van der Waals surface area contributed by atoms with Crippen molar-refractivity contribution in [3.63, 3.8) is 0 Å². The second-order valence-corrected chi connectivity index (χ2v) is 4.74. The van der Waals surface area contributed by atoms with Crippen LogP contribution in [0.4, 0.5) is 17.6 Å². The van der Waals surface area contributed by atoms with Gasteiger partial charge in [-0.1, -0.05) is 13.0 Å². The summed E-state index contributed by atoms with van der Waals surface area (Å²) in [6, 6.07) is 2.62. The van der Waals surface area contributed by atoms with Crippen LogP contribution in [0.15, 0.2) is 18.2 Å². The zero-order chi connectivity index (χ0) is 12.8. The van der Waals surface area contributed by atoms with Crippen LogP contribution in [0.1, 0.15) is 30.9 Å². The van der Waals surface area contributed by atoms with Crippen LogP contribution in [0, 0.1) is 11.7 Å². The molecule has 5 heteroatoms. The van der Waals surface area contributed by atoms with Crippen LogP contribution in [-0.4, -0.2) is 5.11 Å². The zero-order valence-corrected chi connectivity index (χ0v) is 9.18. The highest BCUT2D eigenvalue weighted by molar-refractivity contribution is 5.31. The molecular formula is C12H12F4O. The molecule has 94 valence electrons. The summed E-state index contributed by atoms with van der Waals surface area (Å²) in [5.41, 5.74) is -2.23. The summed E-state index contributed by atoms with van der Waals surface area (Å²) in [5, 5.41) is 10.0. The zero-order valence-electron chi connectivity index (χ0n) is 9.18. The van der Waals surface area contributed by atoms with Gasteiger partial charge in [-0.15, -0.1) is 0 Å². The lowest BCUT2D eigenvalue weighted by molar-refractivity contribution is -0.140. The first kappa shape index (κ1) is 12.4. The van der Waals surface area contributed by atoms with E-state index in [1.165, 1.54) is 0 Å². The predicted molar refractivity (Wildman–Crippen MR) is 53.7 cm³/mol. The van der Waals surface area contributed by atoms with E-state index in [1.807, 2.05) is 6.92 Å². The maximum Gasteiger partial charge on any atom is 0.419 e. The van der Waals surface area contributed by atoms with E-state index in [4.69, 9.17) is 0 Å². The van der Waals surface area contributed by atoms with Gasteiger partial charge in [-0.25, -0.2) is 4.39 Å². The van der Waals surface area contributed by atoms with Crippen molar-refractivity contribution in [1.29, 1.82) is 0 Å². The van der Waals surface area contributed by atoms with Gasteiger partial charge in [-0.05, 0) is 36.5 Å². The minimum Gasteiger partial charge on any atom is -0.385 e. The highest BCUT2D eigenvalue weighted by Crippen LogP contribution is 2.46. The molecule has 1 nitrogen and oxygen atoms in total. The number of benzene rings is 1. The Kier molecular flexibility index (Phi) is 2.69. The molecule has 0 heterocycles. The first-order valence-electron chi connectivity index (χ1n) is 5.32. The van der Waals surface area contributed by atoms with Crippen LogP contribution in [0.3, 0.4) is 0 Å². The van der Waals surface area contributed by atoms with Crippen LogP contribution in [0.2, 0.25) is 0 Å². The molecule has 0 atom stereocenters. The fraction of sp³-hybridized carbons (Fsp3) is 0.500. The Morgan fingerprint density at radius 2 is 1.88 bits per heavy atom. The minimum atomic E-state index is -4.70. The minimum absolute atomic E-state index is 0.223. The summed E-state index contributed by atoms with van der Waals surface area (Å²) in [4.78, 5) is 0. The molecule has 0 radical (unpaired) electrons. The van der Waals surface area contributed by atoms with Gasteiger partial charge in [0.05, 0.1) is 11.2 Å². The number of hydrogen-bond acceptors (Lipinski definition) is 1. The third-order valence-electron chi connectivity index (χ3n) is 3.18. The van der Waals surface area contributed by atoms with E-state index in [2.05, 4.69) is 0 Å². The smallest absolute Gasteiger partial charge is 0.385 e. The number of halogens is 4. The van der Waals surface area contributed by atoms with Gasteiger partial charge in [0.2, 0.25) is 0 Å². The lowest BCUT2D eigenvalue weighted by Crippen LogP contribution is -2.39. The maximum absolute atomic E-state index is 13.3. The molecule has 1 N–H and O–H groups in total. The summed E-state index contributed by atoms with van der Waals surface area (Å²) < 4.78 is 50.3. The van der Waals surface area contributed by atoms with Gasteiger partial charge in [-0.2, -0.15) is 13.2 Å². The van der Waals surface area contributed by atoms with E-state index < -0.39 is 23.2 Å². The van der Waals surface area contributed by atoms with Gasteiger partial charge in [-0.3, -0.25) is 0 Å². The Morgan fingerprint density at radius 3 is 2.29 bits per heavy atom. The summed E-state index contributed by atoms with van der Waals surface area (Å²) in [5.74, 6) is -1.02. The van der Waals surface area contributed by atoms with Gasteiger partial charge in [0.15, 0.2) is 0 Å². The van der Waals surface area contributed by atoms with Crippen molar-refractivity contribution in [2.24, 2.45) is 5.92 Å². The Bertz CT molecular complexity index is 433. The van der Waals surface area contributed by atoms with Crippen LogP contribution in [0.5, 0.6) is 0 Å². The molecule has 0 spiro atoms. The third kappa shape index (κ3) is 2.16. The highest BCUT2D eigenvalue weighted by atomic mass is 19.4. The van der Waals surface area contributed by atoms with Crippen LogP contribution in [0.25, 0.3) is 0 Å². The average Bonchev–Trinajstić information content (AvgIpc) is 2.13. The molecule has 1 aliphatic rings. The molecule has 2 rings (SSSR count). The maximum atomic E-state index is 13.3. The summed E-state index contributed by atoms with van der Waals surface area (Å²) >= 11 is 0. The van der Waals surface area contributed by atoms with Crippen LogP contribution >= 0.6 is 0 Å². The van der Waals surface area contributed by atoms with Gasteiger partial charge in [0.1, 0.15) is 5.82 Å². The predicted octanol–water partition coefficient (Wildman–Crippen LogP) is 3.46. The molecule has 1 fully saturated rings. The molecule has 0 aromatic heterocycles. The lowest BCUT2D eigenvalue weighted by atomic mass is 9.68. The lowest BCUT2D eigenvalue weighted by Gasteiger charge is -2.42.